The van der Waals surface area contributed by atoms with Crippen molar-refractivity contribution < 1.29 is 9.13 Å². The Bertz CT molecular complexity index is 842. The van der Waals surface area contributed by atoms with Gasteiger partial charge in [0.2, 0.25) is 0 Å². The van der Waals surface area contributed by atoms with Crippen LogP contribution in [-0.2, 0) is 0 Å². The van der Waals surface area contributed by atoms with Crippen LogP contribution in [0.5, 0.6) is 6.01 Å². The number of nitrogens with zero attached hydrogens (tertiary/aromatic N) is 4. The van der Waals surface area contributed by atoms with Gasteiger partial charge >= 0.3 is 6.01 Å². The maximum absolute atomic E-state index is 13.3. The minimum absolute atomic E-state index is 0.242. The Morgan fingerprint density at radius 1 is 1.12 bits per heavy atom. The second-order valence-electron chi connectivity index (χ2n) is 5.98. The second-order valence-corrected chi connectivity index (χ2v) is 5.98. The van der Waals surface area contributed by atoms with Crippen molar-refractivity contribution in [1.82, 2.24) is 19.4 Å². The van der Waals surface area contributed by atoms with Crippen molar-refractivity contribution in [1.29, 1.82) is 0 Å². The number of benzene rings is 1. The lowest BCUT2D eigenvalue weighted by atomic mass is 10.2. The molecule has 0 N–H and O–H groups in total. The van der Waals surface area contributed by atoms with Crippen LogP contribution >= 0.6 is 0 Å². The summed E-state index contributed by atoms with van der Waals surface area (Å²) in [5.74, 6) is 0.469. The van der Waals surface area contributed by atoms with E-state index in [1.165, 1.54) is 25.0 Å². The van der Waals surface area contributed by atoms with Crippen molar-refractivity contribution >= 4 is 10.9 Å². The predicted octanol–water partition coefficient (Wildman–Crippen LogP) is 3.03. The standard InChI is InChI=1S/C18H19FN4O/c19-15-3-4-16-14(13-15)6-10-23(16)17-5-7-20-18(21-17)24-12-11-22-8-1-2-9-22/h3-7,10,13H,1-2,8-9,11-12H2. The Morgan fingerprint density at radius 3 is 2.88 bits per heavy atom. The smallest absolute Gasteiger partial charge is 0.318 e. The molecule has 0 unspecified atom stereocenters. The van der Waals surface area contributed by atoms with E-state index in [0.717, 1.165) is 30.5 Å². The lowest BCUT2D eigenvalue weighted by Crippen LogP contribution is -2.25. The van der Waals surface area contributed by atoms with E-state index >= 15 is 0 Å². The largest absolute Gasteiger partial charge is 0.462 e. The average Bonchev–Trinajstić information content (AvgIpc) is 3.24. The van der Waals surface area contributed by atoms with Crippen LogP contribution in [0.2, 0.25) is 0 Å². The molecule has 0 bridgehead atoms. The van der Waals surface area contributed by atoms with Crippen LogP contribution < -0.4 is 4.74 Å². The zero-order valence-electron chi connectivity index (χ0n) is 13.4. The van der Waals surface area contributed by atoms with Crippen LogP contribution in [0.25, 0.3) is 16.7 Å². The Kier molecular flexibility index (Phi) is 4.13. The van der Waals surface area contributed by atoms with E-state index in [1.807, 2.05) is 22.9 Å². The Labute approximate surface area is 139 Å². The molecule has 1 aliphatic rings. The van der Waals surface area contributed by atoms with Gasteiger partial charge in [-0.15, -0.1) is 0 Å². The fourth-order valence-corrected chi connectivity index (χ4v) is 3.12. The number of aromatic nitrogens is 3. The van der Waals surface area contributed by atoms with Crippen LogP contribution in [0.1, 0.15) is 12.8 Å². The molecular formula is C18H19FN4O. The SMILES string of the molecule is Fc1ccc2c(ccn2-c2ccnc(OCCN3CCCC3)n2)c1. The third-order valence-corrected chi connectivity index (χ3v) is 4.36. The molecule has 0 radical (unpaired) electrons. The quantitative estimate of drug-likeness (QED) is 0.723. The molecule has 5 nitrogen and oxygen atoms in total. The van der Waals surface area contributed by atoms with Gasteiger partial charge in [0.05, 0.1) is 5.52 Å². The van der Waals surface area contributed by atoms with E-state index in [4.69, 9.17) is 4.74 Å². The van der Waals surface area contributed by atoms with Gasteiger partial charge in [-0.1, -0.05) is 0 Å². The highest BCUT2D eigenvalue weighted by Gasteiger charge is 2.12. The summed E-state index contributed by atoms with van der Waals surface area (Å²) in [6.45, 7) is 3.78. The fourth-order valence-electron chi connectivity index (χ4n) is 3.12. The molecule has 0 spiro atoms. The highest BCUT2D eigenvalue weighted by Crippen LogP contribution is 2.21. The number of halogens is 1. The van der Waals surface area contributed by atoms with E-state index in [2.05, 4.69) is 14.9 Å². The summed E-state index contributed by atoms with van der Waals surface area (Å²) in [6, 6.07) is 8.77. The maximum Gasteiger partial charge on any atom is 0.318 e. The highest BCUT2D eigenvalue weighted by atomic mass is 19.1. The second kappa shape index (κ2) is 6.57. The first-order valence-electron chi connectivity index (χ1n) is 8.25. The summed E-state index contributed by atoms with van der Waals surface area (Å²) in [7, 11) is 0. The molecule has 1 aliphatic heterocycles. The summed E-state index contributed by atoms with van der Waals surface area (Å²) in [5.41, 5.74) is 0.901. The predicted molar refractivity (Wildman–Crippen MR) is 90.0 cm³/mol. The Morgan fingerprint density at radius 2 is 2.00 bits per heavy atom. The molecule has 0 amide bonds. The lowest BCUT2D eigenvalue weighted by Gasteiger charge is -2.14. The number of likely N-dealkylation sites (tertiary alicyclic amines) is 1. The minimum atomic E-state index is -0.242. The molecule has 1 saturated heterocycles. The van der Waals surface area contributed by atoms with Crippen LogP contribution in [0.15, 0.2) is 42.7 Å². The number of hydrogen-bond acceptors (Lipinski definition) is 4. The van der Waals surface area contributed by atoms with Gasteiger partial charge in [0.15, 0.2) is 0 Å². The summed E-state index contributed by atoms with van der Waals surface area (Å²) in [4.78, 5) is 11.0. The van der Waals surface area contributed by atoms with Crippen molar-refractivity contribution in [3.8, 4) is 11.8 Å². The van der Waals surface area contributed by atoms with Crippen molar-refractivity contribution in [2.45, 2.75) is 12.8 Å². The molecule has 124 valence electrons. The Hall–Kier alpha value is -2.47. The molecule has 2 aromatic heterocycles. The number of rotatable bonds is 5. The molecule has 1 fully saturated rings. The molecule has 3 aromatic rings. The summed E-state index contributed by atoms with van der Waals surface area (Å²) < 4.78 is 20.9. The molecule has 0 atom stereocenters. The number of hydrogen-bond donors (Lipinski definition) is 0. The molecule has 1 aromatic carbocycles. The van der Waals surface area contributed by atoms with Gasteiger partial charge in [-0.3, -0.25) is 4.90 Å². The highest BCUT2D eigenvalue weighted by molar-refractivity contribution is 5.81. The van der Waals surface area contributed by atoms with Gasteiger partial charge in [0, 0.05) is 30.4 Å². The average molecular weight is 326 g/mol. The van der Waals surface area contributed by atoms with Gasteiger partial charge < -0.3 is 9.30 Å². The fraction of sp³-hybridized carbons (Fsp3) is 0.333. The lowest BCUT2D eigenvalue weighted by molar-refractivity contribution is 0.225. The van der Waals surface area contributed by atoms with E-state index < -0.39 is 0 Å². The zero-order chi connectivity index (χ0) is 16.4. The molecule has 6 heteroatoms. The molecule has 0 saturated carbocycles. The molecule has 4 rings (SSSR count). The van der Waals surface area contributed by atoms with E-state index in [1.54, 1.807) is 12.3 Å². The minimum Gasteiger partial charge on any atom is -0.462 e. The summed E-state index contributed by atoms with van der Waals surface area (Å²) in [6.07, 6.45) is 6.10. The van der Waals surface area contributed by atoms with E-state index in [0.29, 0.717) is 18.4 Å². The van der Waals surface area contributed by atoms with Crippen molar-refractivity contribution in [2.24, 2.45) is 0 Å². The first-order chi connectivity index (χ1) is 11.8. The van der Waals surface area contributed by atoms with Crippen molar-refractivity contribution in [3.05, 3.63) is 48.5 Å². The van der Waals surface area contributed by atoms with Crippen LogP contribution in [0, 0.1) is 5.82 Å². The molecule has 3 heterocycles. The van der Waals surface area contributed by atoms with Crippen LogP contribution in [-0.4, -0.2) is 45.7 Å². The van der Waals surface area contributed by atoms with Crippen molar-refractivity contribution in [2.75, 3.05) is 26.2 Å². The van der Waals surface area contributed by atoms with Gasteiger partial charge in [-0.05, 0) is 50.2 Å². The first-order valence-corrected chi connectivity index (χ1v) is 8.25. The van der Waals surface area contributed by atoms with Crippen LogP contribution in [0.3, 0.4) is 0 Å². The third-order valence-electron chi connectivity index (χ3n) is 4.36. The molecular weight excluding hydrogens is 307 g/mol. The molecule has 24 heavy (non-hydrogen) atoms. The number of fused-ring (bicyclic) bond motifs is 1. The van der Waals surface area contributed by atoms with Gasteiger partial charge in [0.1, 0.15) is 18.2 Å². The zero-order valence-corrected chi connectivity index (χ0v) is 13.4. The van der Waals surface area contributed by atoms with Gasteiger partial charge in [-0.25, -0.2) is 9.37 Å². The van der Waals surface area contributed by atoms with E-state index in [-0.39, 0.29) is 5.82 Å². The van der Waals surface area contributed by atoms with Gasteiger partial charge in [0.25, 0.3) is 0 Å². The monoisotopic (exact) mass is 326 g/mol. The topological polar surface area (TPSA) is 43.2 Å². The Balaban J connectivity index is 1.51. The van der Waals surface area contributed by atoms with E-state index in [9.17, 15) is 4.39 Å². The first kappa shape index (κ1) is 15.1. The maximum atomic E-state index is 13.3. The third kappa shape index (κ3) is 3.10. The normalized spacial score (nSPS) is 15.2. The van der Waals surface area contributed by atoms with Crippen molar-refractivity contribution in [3.63, 3.8) is 0 Å². The van der Waals surface area contributed by atoms with Crippen LogP contribution in [0.4, 0.5) is 4.39 Å². The van der Waals surface area contributed by atoms with Gasteiger partial charge in [-0.2, -0.15) is 4.98 Å². The summed E-state index contributed by atoms with van der Waals surface area (Å²) >= 11 is 0. The summed E-state index contributed by atoms with van der Waals surface area (Å²) in [5, 5.41) is 0.838. The number of ether oxygens (including phenoxy) is 1. The molecule has 0 aliphatic carbocycles.